The number of hydrogen-bond donors (Lipinski definition) is 10. The van der Waals surface area contributed by atoms with Crippen molar-refractivity contribution in [2.24, 2.45) is 0 Å². The van der Waals surface area contributed by atoms with Crippen molar-refractivity contribution in [3.63, 3.8) is 0 Å². The van der Waals surface area contributed by atoms with Gasteiger partial charge in [0.2, 0.25) is 5.91 Å². The molecular weight excluding hydrogens is 1830 g/mol. The molecule has 6 aromatic carbocycles. The molecule has 145 heavy (non-hydrogen) atoms. The second kappa shape index (κ2) is 49.6. The Morgan fingerprint density at radius 3 is 0.972 bits per heavy atom. The molecule has 5 amide bonds. The Kier molecular flexibility index (Phi) is 34.6. The van der Waals surface area contributed by atoms with E-state index >= 15 is 0 Å². The first-order valence-electron chi connectivity index (χ1n) is 47.4. The van der Waals surface area contributed by atoms with Crippen LogP contribution in [0.2, 0.25) is 0 Å². The number of nitrogens with one attached hydrogen (secondary N) is 10. The number of H-pyrrole nitrogens is 5. The van der Waals surface area contributed by atoms with Crippen LogP contribution in [0.3, 0.4) is 0 Å². The van der Waals surface area contributed by atoms with Crippen LogP contribution in [0.1, 0.15) is 111 Å². The summed E-state index contributed by atoms with van der Waals surface area (Å²) in [7, 11) is 2.12. The SMILES string of the molecule is CC(C)(C)OC(=O)Cc1cccc(C(=O)Nc2cc(-c3ccncc3)c[nH]c2=O)c1.CN1CCN(c2ccc(C(=O)Nc3cc(-c4ccncc4)c[nH]c3=O)cc2)CC1.O=C(Cc1ccccc1OCc1ccccc1)Nc1cc(-c2ccncc2)c[nH]c1=O.O=C(Nc1cc(-c2ccncc2)c[nH]c1=O)c1ccc(N2CCCC2)cc1.O=C(Nc1cc(-c2ccncc2)c[nH]c1=O)c1ccc(N2CCCCC2)cc1. The topological polar surface area (TPSA) is 423 Å². The molecule has 10 aromatic heterocycles. The third-order valence-electron chi connectivity index (χ3n) is 23.8. The van der Waals surface area contributed by atoms with Crippen molar-refractivity contribution >= 4 is 81.0 Å². The molecular formula is C113H109N19O13. The lowest BCUT2D eigenvalue weighted by Crippen LogP contribution is -2.44. The first kappa shape index (κ1) is 101. The number of aromatic nitrogens is 10. The number of para-hydroxylation sites is 1. The van der Waals surface area contributed by atoms with E-state index in [9.17, 15) is 52.7 Å². The first-order valence-corrected chi connectivity index (χ1v) is 47.4. The molecule has 0 unspecified atom stereocenters. The fourth-order valence-electron chi connectivity index (χ4n) is 16.1. The van der Waals surface area contributed by atoms with Crippen molar-refractivity contribution < 1.29 is 38.2 Å². The van der Waals surface area contributed by atoms with Gasteiger partial charge in [0, 0.05) is 218 Å². The summed E-state index contributed by atoms with van der Waals surface area (Å²) in [6.45, 7) is 14.0. The zero-order valence-corrected chi connectivity index (χ0v) is 80.4. The van der Waals surface area contributed by atoms with Gasteiger partial charge in [0.05, 0.1) is 12.8 Å². The Labute approximate surface area is 835 Å². The molecule has 0 atom stereocenters. The molecule has 0 radical (unpaired) electrons. The van der Waals surface area contributed by atoms with E-state index in [-0.39, 0.29) is 93.1 Å². The van der Waals surface area contributed by atoms with Crippen molar-refractivity contribution in [1.82, 2.24) is 54.7 Å². The minimum Gasteiger partial charge on any atom is -0.489 e. The molecule has 32 nitrogen and oxygen atoms in total. The summed E-state index contributed by atoms with van der Waals surface area (Å²) in [6.07, 6.45) is 31.0. The monoisotopic (exact) mass is 1940 g/mol. The molecule has 3 fully saturated rings. The predicted molar refractivity (Wildman–Crippen MR) is 565 cm³/mol. The minimum absolute atomic E-state index is 0.0521. The molecule has 10 N–H and O–H groups in total. The van der Waals surface area contributed by atoms with Crippen LogP contribution >= 0.6 is 0 Å². The number of nitrogens with zero attached hydrogens (tertiary/aromatic N) is 9. The lowest BCUT2D eigenvalue weighted by Gasteiger charge is -2.34. The van der Waals surface area contributed by atoms with Gasteiger partial charge >= 0.3 is 5.97 Å². The number of benzene rings is 6. The second-order valence-electron chi connectivity index (χ2n) is 35.4. The van der Waals surface area contributed by atoms with Gasteiger partial charge in [-0.25, -0.2) is 0 Å². The fraction of sp³-hybridized carbons (Fsp3) is 0.186. The normalized spacial score (nSPS) is 12.6. The maximum atomic E-state index is 12.7. The summed E-state index contributed by atoms with van der Waals surface area (Å²) in [4.78, 5) is 179. The quantitative estimate of drug-likeness (QED) is 0.0251. The van der Waals surface area contributed by atoms with E-state index in [1.54, 1.807) is 217 Å². The van der Waals surface area contributed by atoms with Crippen molar-refractivity contribution in [2.45, 2.75) is 77.9 Å². The van der Waals surface area contributed by atoms with Crippen molar-refractivity contribution in [3.8, 4) is 61.4 Å². The van der Waals surface area contributed by atoms with E-state index in [1.807, 2.05) is 140 Å². The van der Waals surface area contributed by atoms with Crippen LogP contribution in [0.5, 0.6) is 5.75 Å². The number of piperazine rings is 1. The van der Waals surface area contributed by atoms with Gasteiger partial charge in [-0.1, -0.05) is 60.7 Å². The third kappa shape index (κ3) is 29.2. The summed E-state index contributed by atoms with van der Waals surface area (Å²) in [5.74, 6) is -1.40. The number of rotatable bonds is 24. The van der Waals surface area contributed by atoms with Crippen LogP contribution in [0.25, 0.3) is 55.6 Å². The summed E-state index contributed by atoms with van der Waals surface area (Å²) >= 11 is 0. The van der Waals surface area contributed by atoms with E-state index in [1.165, 1.54) is 32.1 Å². The standard InChI is InChI=1S/C25H21N3O3.C23H23N3O4.C22H23N5O2.C22H22N4O2.C21H20N4O2/c29-24(28-22-14-21(16-27-25(22)30)19-10-12-26-13-11-19)15-20-8-4-5-9-23(20)31-17-18-6-2-1-3-7-18;1-23(2,3)30-20(27)12-15-5-4-6-17(11-15)21(28)26-19-13-18(14-25-22(19)29)16-7-9-24-10-8-16;1-26-10-12-27(13-11-26)19-4-2-17(3-5-19)21(28)25-20-14-18(15-24-22(20)29)16-6-8-23-9-7-16;27-21(17-4-6-19(7-5-17)26-12-2-1-3-13-26)25-20-14-18(15-24-22(20)28)16-8-10-23-11-9-16;26-20(16-3-5-18(6-4-16)25-11-1-2-12-25)24-19-13-17(14-23-21(19)27)15-7-9-22-10-8-15/h1-14,16H,15,17H2,(H,27,30)(H,28,29);4-11,13-14H,12H2,1-3H3,(H,25,29)(H,26,28);2-9,14-15H,10-13H2,1H3,(H,24,29)(H,25,28);4-11,14-15H,1-3,12-13H2,(H,24,28)(H,25,27);3-10,13-14H,1-2,11-12H2,(H,23,27)(H,24,26). The molecule has 0 bridgehead atoms. The molecule has 734 valence electrons. The lowest BCUT2D eigenvalue weighted by molar-refractivity contribution is -0.153. The number of carbonyl (C=O) groups is 6. The number of pyridine rings is 10. The highest BCUT2D eigenvalue weighted by Crippen LogP contribution is 2.30. The molecule has 16 aromatic rings. The first-order chi connectivity index (χ1) is 70.4. The van der Waals surface area contributed by atoms with Crippen LogP contribution < -0.4 is 73.8 Å². The lowest BCUT2D eigenvalue weighted by atomic mass is 10.1. The number of carbonyl (C=O) groups excluding carboxylic acids is 6. The number of aromatic amines is 5. The number of likely N-dealkylation sites (N-methyl/N-ethyl adjacent to an activating group) is 1. The van der Waals surface area contributed by atoms with E-state index in [2.05, 4.69) is 103 Å². The molecule has 3 saturated heterocycles. The summed E-state index contributed by atoms with van der Waals surface area (Å²) in [6, 6.07) is 73.1. The maximum absolute atomic E-state index is 12.7. The van der Waals surface area contributed by atoms with Crippen molar-refractivity contribution in [3.05, 3.63) is 426 Å². The summed E-state index contributed by atoms with van der Waals surface area (Å²) in [5, 5.41) is 13.5. The average Bonchev–Trinajstić information content (AvgIpc) is 1.46. The maximum Gasteiger partial charge on any atom is 0.310 e. The number of amides is 5. The number of anilines is 8. The van der Waals surface area contributed by atoms with E-state index < -0.39 is 17.1 Å². The number of piperidine rings is 1. The Morgan fingerprint density at radius 1 is 0.310 bits per heavy atom. The van der Waals surface area contributed by atoms with E-state index in [0.29, 0.717) is 40.2 Å². The molecule has 19 rings (SSSR count). The third-order valence-corrected chi connectivity index (χ3v) is 23.8. The zero-order chi connectivity index (χ0) is 101. The van der Waals surface area contributed by atoms with Gasteiger partial charge in [0.25, 0.3) is 51.4 Å². The highest BCUT2D eigenvalue weighted by atomic mass is 16.6. The fourth-order valence-corrected chi connectivity index (χ4v) is 16.1. The van der Waals surface area contributed by atoms with Crippen LogP contribution in [0.15, 0.2) is 360 Å². The molecule has 32 heteroatoms. The number of esters is 1. The van der Waals surface area contributed by atoms with Crippen LogP contribution in [0, 0.1) is 0 Å². The van der Waals surface area contributed by atoms with Crippen LogP contribution in [-0.4, -0.2) is 155 Å². The molecule has 3 aliphatic rings. The molecule has 3 aliphatic heterocycles. The van der Waals surface area contributed by atoms with E-state index in [4.69, 9.17) is 9.47 Å². The van der Waals surface area contributed by atoms with Gasteiger partial charge < -0.3 is 80.6 Å². The van der Waals surface area contributed by atoms with Gasteiger partial charge in [0.1, 0.15) is 46.4 Å². The highest BCUT2D eigenvalue weighted by Gasteiger charge is 2.23. The van der Waals surface area contributed by atoms with Crippen LogP contribution in [0.4, 0.5) is 45.5 Å². The molecule has 13 heterocycles. The average molecular weight is 1940 g/mol. The Balaban J connectivity index is 0.000000136. The molecule has 0 saturated carbocycles. The molecule has 0 aliphatic carbocycles. The predicted octanol–water partition coefficient (Wildman–Crippen LogP) is 17.2. The van der Waals surface area contributed by atoms with Crippen molar-refractivity contribution in [2.75, 3.05) is 101 Å². The van der Waals surface area contributed by atoms with Gasteiger partial charge in [-0.15, -0.1) is 0 Å². The molecule has 0 spiro atoms. The second-order valence-corrected chi connectivity index (χ2v) is 35.4. The summed E-state index contributed by atoms with van der Waals surface area (Å²) < 4.78 is 11.2. The summed E-state index contributed by atoms with van der Waals surface area (Å²) in [5.41, 5.74) is 14.7. The highest BCUT2D eigenvalue weighted by molar-refractivity contribution is 6.07. The van der Waals surface area contributed by atoms with Gasteiger partial charge in [-0.3, -0.25) is 77.7 Å². The number of hydrogen-bond acceptors (Lipinski definition) is 22. The van der Waals surface area contributed by atoms with Gasteiger partial charge in [0.15, 0.2) is 0 Å². The Hall–Kier alpha value is -18.2. The van der Waals surface area contributed by atoms with E-state index in [0.717, 1.165) is 136 Å². The van der Waals surface area contributed by atoms with Gasteiger partial charge in [-0.2, -0.15) is 0 Å². The van der Waals surface area contributed by atoms with Crippen molar-refractivity contribution in [1.29, 1.82) is 0 Å². The Bertz CT molecular complexity index is 7420. The zero-order valence-electron chi connectivity index (χ0n) is 80.4. The van der Waals surface area contributed by atoms with Gasteiger partial charge in [-0.05, 0) is 281 Å². The largest absolute Gasteiger partial charge is 0.489 e. The Morgan fingerprint density at radius 2 is 0.621 bits per heavy atom. The number of ether oxygens (including phenoxy) is 2. The van der Waals surface area contributed by atoms with Crippen LogP contribution in [-0.2, 0) is 33.8 Å². The minimum atomic E-state index is -0.576. The smallest absolute Gasteiger partial charge is 0.310 e.